The average molecular weight is 334 g/mol. The van der Waals surface area contributed by atoms with Crippen LogP contribution in [0.2, 0.25) is 0 Å². The maximum atomic E-state index is 12.6. The van der Waals surface area contributed by atoms with Crippen molar-refractivity contribution in [1.82, 2.24) is 14.5 Å². The lowest BCUT2D eigenvalue weighted by atomic mass is 10.1. The van der Waals surface area contributed by atoms with Crippen molar-refractivity contribution in [3.63, 3.8) is 0 Å². The summed E-state index contributed by atoms with van der Waals surface area (Å²) in [5, 5.41) is 2.57. The van der Waals surface area contributed by atoms with Crippen LogP contribution in [0.4, 0.5) is 5.95 Å². The Balaban J connectivity index is 1.85. The summed E-state index contributed by atoms with van der Waals surface area (Å²) in [4.78, 5) is 33.1. The summed E-state index contributed by atoms with van der Waals surface area (Å²) in [6.07, 6.45) is 3.23. The molecule has 0 aliphatic carbocycles. The molecule has 6 nitrogen and oxygen atoms in total. The van der Waals surface area contributed by atoms with Gasteiger partial charge in [-0.05, 0) is 37.6 Å². The molecule has 1 N–H and O–H groups in total. The summed E-state index contributed by atoms with van der Waals surface area (Å²) in [5.41, 5.74) is 2.56. The third-order valence-electron chi connectivity index (χ3n) is 3.72. The van der Waals surface area contributed by atoms with Crippen LogP contribution in [0.5, 0.6) is 0 Å². The Hall–Kier alpha value is -3.28. The Morgan fingerprint density at radius 2 is 2.00 bits per heavy atom. The van der Waals surface area contributed by atoms with Crippen LogP contribution in [0.1, 0.15) is 27.2 Å². The number of aryl methyl sites for hydroxylation is 2. The smallest absolute Gasteiger partial charge is 0.263 e. The monoisotopic (exact) mass is 334 g/mol. The van der Waals surface area contributed by atoms with Crippen LogP contribution in [0.3, 0.4) is 0 Å². The second-order valence-electron chi connectivity index (χ2n) is 5.82. The van der Waals surface area contributed by atoms with E-state index >= 15 is 0 Å². The van der Waals surface area contributed by atoms with E-state index in [-0.39, 0.29) is 17.1 Å². The molecule has 0 bridgehead atoms. The fourth-order valence-electron chi connectivity index (χ4n) is 2.52. The molecule has 0 spiro atoms. The van der Waals surface area contributed by atoms with Gasteiger partial charge in [0, 0.05) is 18.1 Å². The van der Waals surface area contributed by atoms with E-state index in [1.165, 1.54) is 10.6 Å². The number of amides is 1. The molecule has 0 atom stereocenters. The zero-order chi connectivity index (χ0) is 17.8. The van der Waals surface area contributed by atoms with E-state index in [0.717, 1.165) is 16.8 Å². The molecule has 6 heteroatoms. The van der Waals surface area contributed by atoms with Crippen LogP contribution in [0, 0.1) is 13.8 Å². The van der Waals surface area contributed by atoms with Crippen LogP contribution >= 0.6 is 0 Å². The van der Waals surface area contributed by atoms with Gasteiger partial charge in [-0.1, -0.05) is 29.8 Å². The van der Waals surface area contributed by atoms with Crippen LogP contribution in [-0.4, -0.2) is 20.4 Å². The van der Waals surface area contributed by atoms with Crippen molar-refractivity contribution in [3.05, 3.63) is 87.6 Å². The number of aromatic nitrogens is 3. The second kappa shape index (κ2) is 7.09. The van der Waals surface area contributed by atoms with Gasteiger partial charge in [-0.3, -0.25) is 14.9 Å². The molecule has 2 aromatic heterocycles. The third-order valence-corrected chi connectivity index (χ3v) is 3.72. The lowest BCUT2D eigenvalue weighted by Crippen LogP contribution is -2.29. The molecule has 0 unspecified atom stereocenters. The van der Waals surface area contributed by atoms with Gasteiger partial charge in [0.15, 0.2) is 0 Å². The molecular formula is C19H18N4O2. The number of hydrogen-bond acceptors (Lipinski definition) is 4. The maximum absolute atomic E-state index is 12.6. The summed E-state index contributed by atoms with van der Waals surface area (Å²) in [6.45, 7) is 4.20. The molecule has 0 fully saturated rings. The molecule has 0 saturated heterocycles. The van der Waals surface area contributed by atoms with Gasteiger partial charge in [-0.15, -0.1) is 0 Å². The highest BCUT2D eigenvalue weighted by atomic mass is 16.2. The normalized spacial score (nSPS) is 10.5. The van der Waals surface area contributed by atoms with Gasteiger partial charge >= 0.3 is 0 Å². The SMILES string of the molecule is Cc1cccc(Cn2cccc(C(=O)Nc3nccc(C)n3)c2=O)c1. The van der Waals surface area contributed by atoms with Crippen molar-refractivity contribution in [2.45, 2.75) is 20.4 Å². The first-order chi connectivity index (χ1) is 12.0. The molecule has 0 aliphatic heterocycles. The number of pyridine rings is 1. The maximum Gasteiger partial charge on any atom is 0.263 e. The summed E-state index contributed by atoms with van der Waals surface area (Å²) in [5.74, 6) is -0.340. The van der Waals surface area contributed by atoms with E-state index in [4.69, 9.17) is 0 Å². The minimum Gasteiger partial charge on any atom is -0.310 e. The first-order valence-corrected chi connectivity index (χ1v) is 7.89. The van der Waals surface area contributed by atoms with Gasteiger partial charge in [-0.2, -0.15) is 0 Å². The Morgan fingerprint density at radius 1 is 1.16 bits per heavy atom. The van der Waals surface area contributed by atoms with E-state index in [1.807, 2.05) is 31.2 Å². The van der Waals surface area contributed by atoms with Crippen molar-refractivity contribution in [2.24, 2.45) is 0 Å². The van der Waals surface area contributed by atoms with Crippen LogP contribution in [0.25, 0.3) is 0 Å². The van der Waals surface area contributed by atoms with Gasteiger partial charge in [0.25, 0.3) is 11.5 Å². The van der Waals surface area contributed by atoms with E-state index in [2.05, 4.69) is 15.3 Å². The zero-order valence-corrected chi connectivity index (χ0v) is 14.1. The summed E-state index contributed by atoms with van der Waals surface area (Å²) in [6, 6.07) is 12.8. The number of anilines is 1. The highest BCUT2D eigenvalue weighted by molar-refractivity contribution is 6.03. The Kier molecular flexibility index (Phi) is 4.70. The van der Waals surface area contributed by atoms with E-state index < -0.39 is 5.91 Å². The zero-order valence-electron chi connectivity index (χ0n) is 14.1. The quantitative estimate of drug-likeness (QED) is 0.795. The Bertz CT molecular complexity index is 979. The predicted molar refractivity (Wildman–Crippen MR) is 95.7 cm³/mol. The number of nitrogens with one attached hydrogen (secondary N) is 1. The van der Waals surface area contributed by atoms with Crippen molar-refractivity contribution in [2.75, 3.05) is 5.32 Å². The minimum absolute atomic E-state index is 0.0558. The third kappa shape index (κ3) is 3.98. The topological polar surface area (TPSA) is 76.9 Å². The first-order valence-electron chi connectivity index (χ1n) is 7.89. The highest BCUT2D eigenvalue weighted by Gasteiger charge is 2.13. The highest BCUT2D eigenvalue weighted by Crippen LogP contribution is 2.06. The number of nitrogens with zero attached hydrogens (tertiary/aromatic N) is 3. The number of carbonyl (C=O) groups excluding carboxylic acids is 1. The summed E-state index contributed by atoms with van der Waals surface area (Å²) in [7, 11) is 0. The molecule has 25 heavy (non-hydrogen) atoms. The van der Waals surface area contributed by atoms with E-state index in [0.29, 0.717) is 6.54 Å². The van der Waals surface area contributed by atoms with Crippen molar-refractivity contribution in [3.8, 4) is 0 Å². The molecule has 3 aromatic rings. The van der Waals surface area contributed by atoms with Gasteiger partial charge in [-0.25, -0.2) is 9.97 Å². The summed E-state index contributed by atoms with van der Waals surface area (Å²) < 4.78 is 1.51. The van der Waals surface area contributed by atoms with E-state index in [1.54, 1.807) is 31.5 Å². The predicted octanol–water partition coefficient (Wildman–Crippen LogP) is 2.56. The van der Waals surface area contributed by atoms with Gasteiger partial charge < -0.3 is 4.57 Å². The van der Waals surface area contributed by atoms with Gasteiger partial charge in [0.2, 0.25) is 5.95 Å². The molecule has 0 radical (unpaired) electrons. The molecule has 1 aromatic carbocycles. The Labute approximate surface area is 145 Å². The molecule has 3 rings (SSSR count). The van der Waals surface area contributed by atoms with Gasteiger partial charge in [0.05, 0.1) is 6.54 Å². The molecule has 0 saturated carbocycles. The lowest BCUT2D eigenvalue weighted by Gasteiger charge is -2.09. The minimum atomic E-state index is -0.519. The van der Waals surface area contributed by atoms with Crippen molar-refractivity contribution < 1.29 is 4.79 Å². The number of hydrogen-bond donors (Lipinski definition) is 1. The largest absolute Gasteiger partial charge is 0.310 e. The number of carbonyl (C=O) groups is 1. The fraction of sp³-hybridized carbons (Fsp3) is 0.158. The van der Waals surface area contributed by atoms with Crippen LogP contribution in [0.15, 0.2) is 59.7 Å². The van der Waals surface area contributed by atoms with Crippen molar-refractivity contribution >= 4 is 11.9 Å². The first kappa shape index (κ1) is 16.6. The number of rotatable bonds is 4. The average Bonchev–Trinajstić information content (AvgIpc) is 2.57. The second-order valence-corrected chi connectivity index (χ2v) is 5.82. The number of benzene rings is 1. The Morgan fingerprint density at radius 3 is 2.76 bits per heavy atom. The molecule has 1 amide bonds. The van der Waals surface area contributed by atoms with Crippen LogP contribution in [-0.2, 0) is 6.54 Å². The standard InChI is InChI=1S/C19H18N4O2/c1-13-5-3-6-15(11-13)12-23-10-4-7-16(18(23)25)17(24)22-19-20-9-8-14(2)21-19/h3-11H,12H2,1-2H3,(H,20,21,22,24). The lowest BCUT2D eigenvalue weighted by molar-refractivity contribution is 0.102. The molecular weight excluding hydrogens is 316 g/mol. The van der Waals surface area contributed by atoms with E-state index in [9.17, 15) is 9.59 Å². The van der Waals surface area contributed by atoms with Gasteiger partial charge in [0.1, 0.15) is 5.56 Å². The molecule has 0 aliphatic rings. The fourth-order valence-corrected chi connectivity index (χ4v) is 2.52. The van der Waals surface area contributed by atoms with Crippen molar-refractivity contribution in [1.29, 1.82) is 0 Å². The summed E-state index contributed by atoms with van der Waals surface area (Å²) >= 11 is 0. The molecule has 126 valence electrons. The van der Waals surface area contributed by atoms with Crippen LogP contribution < -0.4 is 10.9 Å². The molecule has 2 heterocycles.